The molecule has 1 aromatic carbocycles. The van der Waals surface area contributed by atoms with E-state index in [-0.39, 0.29) is 11.8 Å². The van der Waals surface area contributed by atoms with E-state index in [4.69, 9.17) is 9.47 Å². The summed E-state index contributed by atoms with van der Waals surface area (Å²) in [5, 5.41) is 6.24. The number of hydrogen-bond donors (Lipinski definition) is 2. The molecule has 116 valence electrons. The first kappa shape index (κ1) is 15.8. The number of hydrogen-bond acceptors (Lipinski definition) is 4. The minimum absolute atomic E-state index is 0.0419. The molecule has 1 aromatic rings. The van der Waals surface area contributed by atoms with Gasteiger partial charge in [0, 0.05) is 26.7 Å². The summed E-state index contributed by atoms with van der Waals surface area (Å²) in [6, 6.07) is 7.56. The van der Waals surface area contributed by atoms with Gasteiger partial charge in [0.15, 0.2) is 0 Å². The zero-order valence-corrected chi connectivity index (χ0v) is 12.6. The number of carbonyl (C=O) groups excluding carboxylic acids is 1. The van der Waals surface area contributed by atoms with E-state index in [1.807, 2.05) is 24.3 Å². The maximum absolute atomic E-state index is 12.3. The Labute approximate surface area is 126 Å². The lowest BCUT2D eigenvalue weighted by Gasteiger charge is -2.22. The molecule has 1 unspecified atom stereocenters. The summed E-state index contributed by atoms with van der Waals surface area (Å²) >= 11 is 0. The molecule has 1 aliphatic rings. The highest BCUT2D eigenvalue weighted by molar-refractivity contribution is 5.94. The largest absolute Gasteiger partial charge is 0.491 e. The summed E-state index contributed by atoms with van der Waals surface area (Å²) in [6.07, 6.45) is 2.81. The number of benzene rings is 1. The van der Waals surface area contributed by atoms with Crippen molar-refractivity contribution in [3.8, 4) is 5.75 Å². The van der Waals surface area contributed by atoms with E-state index >= 15 is 0 Å². The van der Waals surface area contributed by atoms with Crippen LogP contribution in [0.5, 0.6) is 5.75 Å². The number of carbonyl (C=O) groups is 1. The number of ether oxygens (including phenoxy) is 2. The van der Waals surface area contributed by atoms with E-state index in [1.165, 1.54) is 0 Å². The Morgan fingerprint density at radius 3 is 3.00 bits per heavy atom. The molecule has 1 amide bonds. The van der Waals surface area contributed by atoms with E-state index in [1.54, 1.807) is 7.11 Å². The van der Waals surface area contributed by atoms with Crippen LogP contribution in [0.4, 0.5) is 5.69 Å². The van der Waals surface area contributed by atoms with E-state index in [2.05, 4.69) is 10.6 Å². The Morgan fingerprint density at radius 1 is 1.38 bits per heavy atom. The summed E-state index contributed by atoms with van der Waals surface area (Å²) in [4.78, 5) is 12.3. The van der Waals surface area contributed by atoms with Crippen LogP contribution in [-0.4, -0.2) is 39.3 Å². The second-order valence-corrected chi connectivity index (χ2v) is 5.22. The molecule has 2 N–H and O–H groups in total. The second-order valence-electron chi connectivity index (χ2n) is 5.22. The molecule has 21 heavy (non-hydrogen) atoms. The first-order valence-corrected chi connectivity index (χ1v) is 7.53. The molecule has 1 aliphatic heterocycles. The first-order chi connectivity index (χ1) is 10.3. The fourth-order valence-electron chi connectivity index (χ4n) is 2.39. The summed E-state index contributed by atoms with van der Waals surface area (Å²) in [5.74, 6) is 0.821. The van der Waals surface area contributed by atoms with Crippen molar-refractivity contribution >= 4 is 11.6 Å². The molecule has 1 atom stereocenters. The molecule has 0 radical (unpaired) electrons. The van der Waals surface area contributed by atoms with Crippen molar-refractivity contribution in [2.45, 2.75) is 19.3 Å². The Kier molecular flexibility index (Phi) is 6.50. The average Bonchev–Trinajstić information content (AvgIpc) is 2.54. The van der Waals surface area contributed by atoms with E-state index in [0.717, 1.165) is 38.0 Å². The van der Waals surface area contributed by atoms with Gasteiger partial charge in [-0.25, -0.2) is 0 Å². The third-order valence-corrected chi connectivity index (χ3v) is 3.56. The highest BCUT2D eigenvalue weighted by Gasteiger charge is 2.21. The summed E-state index contributed by atoms with van der Waals surface area (Å²) in [7, 11) is 1.67. The quantitative estimate of drug-likeness (QED) is 0.755. The molecule has 0 bridgehead atoms. The van der Waals surface area contributed by atoms with Crippen LogP contribution in [0, 0.1) is 5.92 Å². The Balaban J connectivity index is 1.90. The summed E-state index contributed by atoms with van der Waals surface area (Å²) in [6.45, 7) is 3.00. The zero-order valence-electron chi connectivity index (χ0n) is 12.6. The third kappa shape index (κ3) is 5.02. The van der Waals surface area contributed by atoms with E-state index in [9.17, 15) is 4.79 Å². The fourth-order valence-corrected chi connectivity index (χ4v) is 2.39. The van der Waals surface area contributed by atoms with Gasteiger partial charge in [0.25, 0.3) is 0 Å². The van der Waals surface area contributed by atoms with Crippen LogP contribution in [0.1, 0.15) is 19.3 Å². The minimum atomic E-state index is 0.0419. The van der Waals surface area contributed by atoms with Crippen LogP contribution < -0.4 is 15.4 Å². The van der Waals surface area contributed by atoms with Gasteiger partial charge in [-0.05, 0) is 31.5 Å². The molecule has 1 heterocycles. The molecule has 5 nitrogen and oxygen atoms in total. The van der Waals surface area contributed by atoms with Gasteiger partial charge in [0.1, 0.15) is 5.75 Å². The topological polar surface area (TPSA) is 59.6 Å². The van der Waals surface area contributed by atoms with Crippen LogP contribution >= 0.6 is 0 Å². The number of methoxy groups -OCH3 is 1. The molecule has 0 aromatic heterocycles. The molecule has 0 saturated carbocycles. The molecule has 0 aliphatic carbocycles. The average molecular weight is 292 g/mol. The van der Waals surface area contributed by atoms with Gasteiger partial charge in [-0.15, -0.1) is 0 Å². The highest BCUT2D eigenvalue weighted by Crippen LogP contribution is 2.25. The number of rotatable bonds is 7. The van der Waals surface area contributed by atoms with Gasteiger partial charge in [-0.3, -0.25) is 4.79 Å². The predicted octanol–water partition coefficient (Wildman–Crippen LogP) is 2.04. The number of para-hydroxylation sites is 2. The van der Waals surface area contributed by atoms with E-state index < -0.39 is 0 Å². The van der Waals surface area contributed by atoms with Crippen LogP contribution in [0.2, 0.25) is 0 Å². The molecule has 2 rings (SSSR count). The van der Waals surface area contributed by atoms with Crippen molar-refractivity contribution in [3.05, 3.63) is 24.3 Å². The molecular weight excluding hydrogens is 268 g/mol. The zero-order chi connectivity index (χ0) is 14.9. The highest BCUT2D eigenvalue weighted by atomic mass is 16.5. The van der Waals surface area contributed by atoms with Crippen molar-refractivity contribution in [2.75, 3.05) is 38.7 Å². The lowest BCUT2D eigenvalue weighted by molar-refractivity contribution is -0.120. The minimum Gasteiger partial charge on any atom is -0.491 e. The summed E-state index contributed by atoms with van der Waals surface area (Å²) in [5.41, 5.74) is 0.741. The number of piperidine rings is 1. The first-order valence-electron chi connectivity index (χ1n) is 7.53. The standard InChI is InChI=1S/C16H24N2O3/c1-20-10-5-11-21-15-8-3-2-7-14(15)18-16(19)13-6-4-9-17-12-13/h2-3,7-8,13,17H,4-6,9-12H2,1H3,(H,18,19). The Hall–Kier alpha value is -1.59. The van der Waals surface area contributed by atoms with Crippen LogP contribution in [0.15, 0.2) is 24.3 Å². The van der Waals surface area contributed by atoms with Gasteiger partial charge in [-0.2, -0.15) is 0 Å². The Morgan fingerprint density at radius 2 is 2.24 bits per heavy atom. The smallest absolute Gasteiger partial charge is 0.228 e. The van der Waals surface area contributed by atoms with Crippen molar-refractivity contribution in [3.63, 3.8) is 0 Å². The Bertz CT molecular complexity index is 445. The normalized spacial score (nSPS) is 18.2. The lowest BCUT2D eigenvalue weighted by atomic mass is 9.99. The van der Waals surface area contributed by atoms with Gasteiger partial charge >= 0.3 is 0 Å². The van der Waals surface area contributed by atoms with Gasteiger partial charge in [-0.1, -0.05) is 12.1 Å². The van der Waals surface area contributed by atoms with E-state index in [0.29, 0.717) is 19.0 Å². The van der Waals surface area contributed by atoms with Crippen LogP contribution in [-0.2, 0) is 9.53 Å². The SMILES string of the molecule is COCCCOc1ccccc1NC(=O)C1CCCNC1. The van der Waals surface area contributed by atoms with Gasteiger partial charge < -0.3 is 20.1 Å². The van der Waals surface area contributed by atoms with Gasteiger partial charge in [0.2, 0.25) is 5.91 Å². The predicted molar refractivity (Wildman–Crippen MR) is 82.7 cm³/mol. The van der Waals surface area contributed by atoms with Crippen molar-refractivity contribution in [1.82, 2.24) is 5.32 Å². The molecular formula is C16H24N2O3. The second kappa shape index (κ2) is 8.64. The molecule has 5 heteroatoms. The maximum atomic E-state index is 12.3. The molecule has 1 saturated heterocycles. The van der Waals surface area contributed by atoms with Crippen molar-refractivity contribution < 1.29 is 14.3 Å². The monoisotopic (exact) mass is 292 g/mol. The number of amides is 1. The fraction of sp³-hybridized carbons (Fsp3) is 0.562. The van der Waals surface area contributed by atoms with Crippen LogP contribution in [0.25, 0.3) is 0 Å². The maximum Gasteiger partial charge on any atom is 0.228 e. The molecule has 1 fully saturated rings. The van der Waals surface area contributed by atoms with Crippen LogP contribution in [0.3, 0.4) is 0 Å². The third-order valence-electron chi connectivity index (χ3n) is 3.56. The van der Waals surface area contributed by atoms with Crippen molar-refractivity contribution in [1.29, 1.82) is 0 Å². The lowest BCUT2D eigenvalue weighted by Crippen LogP contribution is -2.37. The van der Waals surface area contributed by atoms with Gasteiger partial charge in [0.05, 0.1) is 18.2 Å². The van der Waals surface area contributed by atoms with Crippen molar-refractivity contribution in [2.24, 2.45) is 5.92 Å². The molecule has 0 spiro atoms. The summed E-state index contributed by atoms with van der Waals surface area (Å²) < 4.78 is 10.7. The number of nitrogens with one attached hydrogen (secondary N) is 2. The number of anilines is 1.